The minimum atomic E-state index is -4.05. The Morgan fingerprint density at radius 1 is 1.03 bits per heavy atom. The van der Waals surface area contributed by atoms with Crippen LogP contribution < -0.4 is 9.46 Å². The molecule has 4 aromatic rings. The van der Waals surface area contributed by atoms with E-state index in [1.165, 1.54) is 24.3 Å². The van der Waals surface area contributed by atoms with Crippen molar-refractivity contribution in [2.45, 2.75) is 25.0 Å². The van der Waals surface area contributed by atoms with E-state index in [9.17, 15) is 22.0 Å². The number of alkyl halides is 2. The lowest BCUT2D eigenvalue weighted by molar-refractivity contribution is -0.0498. The molecule has 33 heavy (non-hydrogen) atoms. The van der Waals surface area contributed by atoms with Gasteiger partial charge >= 0.3 is 6.61 Å². The average molecular weight is 470 g/mol. The van der Waals surface area contributed by atoms with Crippen molar-refractivity contribution in [1.29, 1.82) is 0 Å². The van der Waals surface area contributed by atoms with E-state index in [1.54, 1.807) is 54.1 Å². The van der Waals surface area contributed by atoms with Crippen LogP contribution in [0.5, 0.6) is 5.75 Å². The molecule has 0 spiro atoms. The van der Waals surface area contributed by atoms with E-state index in [0.717, 1.165) is 16.6 Å². The summed E-state index contributed by atoms with van der Waals surface area (Å²) in [5.41, 5.74) is 2.48. The number of para-hydroxylation sites is 1. The van der Waals surface area contributed by atoms with Crippen LogP contribution in [0.25, 0.3) is 10.9 Å². The van der Waals surface area contributed by atoms with Gasteiger partial charge in [0.1, 0.15) is 5.75 Å². The number of hydrogen-bond acceptors (Lipinski definition) is 4. The van der Waals surface area contributed by atoms with Gasteiger partial charge in [-0.1, -0.05) is 42.5 Å². The van der Waals surface area contributed by atoms with E-state index in [2.05, 4.69) is 9.46 Å². The third-order valence-electron chi connectivity index (χ3n) is 5.06. The number of carbonyl (C=O) groups is 1. The van der Waals surface area contributed by atoms with Gasteiger partial charge < -0.3 is 9.30 Å². The number of aryl methyl sites for hydroxylation is 1. The fourth-order valence-electron chi connectivity index (χ4n) is 3.55. The number of nitrogens with one attached hydrogen (secondary N) is 1. The molecule has 1 N–H and O–H groups in total. The first kappa shape index (κ1) is 22.5. The summed E-state index contributed by atoms with van der Waals surface area (Å²) in [7, 11) is -4.05. The molecule has 0 bridgehead atoms. The van der Waals surface area contributed by atoms with Crippen molar-refractivity contribution in [2.24, 2.45) is 0 Å². The third kappa shape index (κ3) is 5.04. The molecular formula is C24H20F2N2O4S. The van der Waals surface area contributed by atoms with Crippen molar-refractivity contribution < 1.29 is 26.7 Å². The van der Waals surface area contributed by atoms with Crippen LogP contribution in [0, 0.1) is 6.92 Å². The van der Waals surface area contributed by atoms with Crippen molar-refractivity contribution in [2.75, 3.05) is 0 Å². The normalized spacial score (nSPS) is 11.6. The van der Waals surface area contributed by atoms with E-state index in [1.807, 2.05) is 12.1 Å². The second kappa shape index (κ2) is 9.03. The highest BCUT2D eigenvalue weighted by Crippen LogP contribution is 2.24. The second-order valence-electron chi connectivity index (χ2n) is 7.46. The Morgan fingerprint density at radius 2 is 1.76 bits per heavy atom. The van der Waals surface area contributed by atoms with Crippen molar-refractivity contribution in [3.63, 3.8) is 0 Å². The molecule has 9 heteroatoms. The molecule has 4 rings (SSSR count). The summed E-state index contributed by atoms with van der Waals surface area (Å²) in [5, 5.41) is 0.590. The van der Waals surface area contributed by atoms with Gasteiger partial charge in [-0.05, 0) is 48.4 Å². The lowest BCUT2D eigenvalue weighted by Gasteiger charge is -2.08. The maximum Gasteiger partial charge on any atom is 0.387 e. The summed E-state index contributed by atoms with van der Waals surface area (Å²) >= 11 is 0. The number of amides is 1. The number of ether oxygens (including phenoxy) is 1. The Hall–Kier alpha value is -3.72. The van der Waals surface area contributed by atoms with Gasteiger partial charge in [-0.2, -0.15) is 8.78 Å². The lowest BCUT2D eigenvalue weighted by Crippen LogP contribution is -2.30. The fraction of sp³-hybridized carbons (Fsp3) is 0.125. The standard InChI is InChI=1S/C24H20F2N2O4S/c1-16-5-4-6-19(13-16)33(30,31)27-23(29)21-15-28(22-8-3-2-7-20(21)22)14-17-9-11-18(12-10-17)32-24(25)26/h2-13,15,24H,14H2,1H3,(H,27,29). The van der Waals surface area contributed by atoms with Crippen LogP contribution in [0.1, 0.15) is 21.5 Å². The van der Waals surface area contributed by atoms with Crippen molar-refractivity contribution in [3.05, 3.63) is 95.7 Å². The molecule has 0 unspecified atom stereocenters. The zero-order chi connectivity index (χ0) is 23.6. The van der Waals surface area contributed by atoms with Crippen LogP contribution in [0.3, 0.4) is 0 Å². The minimum Gasteiger partial charge on any atom is -0.435 e. The fourth-order valence-corrected chi connectivity index (χ4v) is 4.62. The molecule has 170 valence electrons. The first-order valence-electron chi connectivity index (χ1n) is 9.98. The molecule has 0 aliphatic rings. The van der Waals surface area contributed by atoms with Crippen LogP contribution in [-0.2, 0) is 16.6 Å². The molecule has 1 heterocycles. The third-order valence-corrected chi connectivity index (χ3v) is 6.39. The Bertz CT molecular complexity index is 1410. The first-order valence-corrected chi connectivity index (χ1v) is 11.5. The van der Waals surface area contributed by atoms with Gasteiger partial charge in [0.25, 0.3) is 15.9 Å². The van der Waals surface area contributed by atoms with E-state index >= 15 is 0 Å². The monoisotopic (exact) mass is 470 g/mol. The molecule has 1 amide bonds. The molecule has 0 saturated carbocycles. The summed E-state index contributed by atoms with van der Waals surface area (Å²) < 4.78 is 58.4. The molecule has 0 saturated heterocycles. The van der Waals surface area contributed by atoms with Gasteiger partial charge in [0.2, 0.25) is 0 Å². The van der Waals surface area contributed by atoms with E-state index < -0.39 is 22.5 Å². The molecule has 6 nitrogen and oxygen atoms in total. The van der Waals surface area contributed by atoms with E-state index in [4.69, 9.17) is 0 Å². The molecule has 0 radical (unpaired) electrons. The summed E-state index contributed by atoms with van der Waals surface area (Å²) in [6.45, 7) is -0.796. The largest absolute Gasteiger partial charge is 0.435 e. The van der Waals surface area contributed by atoms with E-state index in [-0.39, 0.29) is 16.2 Å². The van der Waals surface area contributed by atoms with Crippen molar-refractivity contribution in [1.82, 2.24) is 9.29 Å². The van der Waals surface area contributed by atoms with Gasteiger partial charge in [0.15, 0.2) is 0 Å². The predicted molar refractivity (Wildman–Crippen MR) is 120 cm³/mol. The van der Waals surface area contributed by atoms with Gasteiger partial charge in [-0.3, -0.25) is 4.79 Å². The molecular weight excluding hydrogens is 450 g/mol. The quantitative estimate of drug-likeness (QED) is 0.424. The Morgan fingerprint density at radius 3 is 2.45 bits per heavy atom. The van der Waals surface area contributed by atoms with Crippen molar-refractivity contribution >= 4 is 26.8 Å². The van der Waals surface area contributed by atoms with Gasteiger partial charge in [-0.25, -0.2) is 13.1 Å². The molecule has 1 aromatic heterocycles. The minimum absolute atomic E-state index is 0.00527. The van der Waals surface area contributed by atoms with Gasteiger partial charge in [0.05, 0.1) is 10.5 Å². The summed E-state index contributed by atoms with van der Waals surface area (Å²) in [4.78, 5) is 13.0. The zero-order valence-electron chi connectivity index (χ0n) is 17.5. The Labute approximate surface area is 189 Å². The second-order valence-corrected chi connectivity index (χ2v) is 9.14. The van der Waals surface area contributed by atoms with Gasteiger partial charge in [0, 0.05) is 23.6 Å². The van der Waals surface area contributed by atoms with Crippen LogP contribution in [0.2, 0.25) is 0 Å². The highest BCUT2D eigenvalue weighted by Gasteiger charge is 2.22. The number of benzene rings is 3. The SMILES string of the molecule is Cc1cccc(S(=O)(=O)NC(=O)c2cn(Cc3ccc(OC(F)F)cc3)c3ccccc23)c1. The molecule has 0 aliphatic carbocycles. The summed E-state index contributed by atoms with van der Waals surface area (Å²) in [6, 6.07) is 19.6. The highest BCUT2D eigenvalue weighted by molar-refractivity contribution is 7.90. The number of carbonyl (C=O) groups excluding carboxylic acids is 1. The number of nitrogens with zero attached hydrogens (tertiary/aromatic N) is 1. The number of sulfonamides is 1. The van der Waals surface area contributed by atoms with Crippen LogP contribution >= 0.6 is 0 Å². The summed E-state index contributed by atoms with van der Waals surface area (Å²) in [5.74, 6) is -0.695. The van der Waals surface area contributed by atoms with Crippen LogP contribution in [0.15, 0.2) is 83.9 Å². The molecule has 3 aromatic carbocycles. The number of rotatable bonds is 7. The van der Waals surface area contributed by atoms with Gasteiger partial charge in [-0.15, -0.1) is 0 Å². The first-order chi connectivity index (χ1) is 15.7. The lowest BCUT2D eigenvalue weighted by atomic mass is 10.2. The number of halogens is 2. The van der Waals surface area contributed by atoms with Crippen LogP contribution in [0.4, 0.5) is 8.78 Å². The topological polar surface area (TPSA) is 77.4 Å². The number of hydrogen-bond donors (Lipinski definition) is 1. The zero-order valence-corrected chi connectivity index (χ0v) is 18.4. The molecule has 0 fully saturated rings. The maximum atomic E-state index is 13.0. The average Bonchev–Trinajstić information content (AvgIpc) is 3.13. The molecule has 0 atom stereocenters. The summed E-state index contributed by atoms with van der Waals surface area (Å²) in [6.07, 6.45) is 1.58. The number of fused-ring (bicyclic) bond motifs is 1. The number of aromatic nitrogens is 1. The Balaban J connectivity index is 1.62. The smallest absolute Gasteiger partial charge is 0.387 e. The Kier molecular flexibility index (Phi) is 6.15. The maximum absolute atomic E-state index is 13.0. The van der Waals surface area contributed by atoms with Crippen LogP contribution in [-0.4, -0.2) is 25.5 Å². The highest BCUT2D eigenvalue weighted by atomic mass is 32.2. The molecule has 0 aliphatic heterocycles. The van der Waals surface area contributed by atoms with Crippen molar-refractivity contribution in [3.8, 4) is 5.75 Å². The predicted octanol–water partition coefficient (Wildman–Crippen LogP) is 4.72. The van der Waals surface area contributed by atoms with E-state index in [0.29, 0.717) is 11.9 Å².